The van der Waals surface area contributed by atoms with Crippen molar-refractivity contribution in [2.75, 3.05) is 20.2 Å². The van der Waals surface area contributed by atoms with Crippen LogP contribution in [0.15, 0.2) is 36.4 Å². The number of hydrogen-bond donors (Lipinski definition) is 2. The molecule has 0 aliphatic carbocycles. The minimum atomic E-state index is -0.0340. The number of rotatable bonds is 4. The van der Waals surface area contributed by atoms with Crippen LogP contribution in [-0.4, -0.2) is 41.1 Å². The Bertz CT molecular complexity index is 1010. The van der Waals surface area contributed by atoms with Crippen LogP contribution in [0, 0.1) is 6.92 Å². The molecule has 6 nitrogen and oxygen atoms in total. The van der Waals surface area contributed by atoms with Gasteiger partial charge in [-0.2, -0.15) is 0 Å². The second-order valence-corrected chi connectivity index (χ2v) is 7.32. The number of imidazole rings is 1. The number of para-hydroxylation sites is 1. The molecular formula is C22H26N4O2. The van der Waals surface area contributed by atoms with Gasteiger partial charge in [-0.1, -0.05) is 18.2 Å². The second kappa shape index (κ2) is 7.54. The first-order chi connectivity index (χ1) is 13.6. The Morgan fingerprint density at radius 2 is 2.21 bits per heavy atom. The van der Waals surface area contributed by atoms with E-state index in [4.69, 9.17) is 4.74 Å². The molecule has 6 heteroatoms. The van der Waals surface area contributed by atoms with E-state index in [0.29, 0.717) is 13.0 Å². The molecule has 0 radical (unpaired) electrons. The maximum absolute atomic E-state index is 12.7. The molecular weight excluding hydrogens is 352 g/mol. The quantitative estimate of drug-likeness (QED) is 0.726. The lowest BCUT2D eigenvalue weighted by molar-refractivity contribution is 0.175. The predicted molar refractivity (Wildman–Crippen MR) is 110 cm³/mol. The van der Waals surface area contributed by atoms with Crippen molar-refractivity contribution in [2.45, 2.75) is 32.7 Å². The van der Waals surface area contributed by atoms with Gasteiger partial charge >= 0.3 is 6.03 Å². The summed E-state index contributed by atoms with van der Waals surface area (Å²) >= 11 is 0. The summed E-state index contributed by atoms with van der Waals surface area (Å²) < 4.78 is 5.34. The smallest absolute Gasteiger partial charge is 0.317 e. The summed E-state index contributed by atoms with van der Waals surface area (Å²) in [6, 6.07) is 12.2. The molecule has 0 spiro atoms. The lowest BCUT2D eigenvalue weighted by atomic mass is 9.93. The number of benzene rings is 2. The molecule has 1 aliphatic rings. The number of nitrogens with one attached hydrogen (secondary N) is 2. The average Bonchev–Trinajstić information content (AvgIpc) is 3.12. The van der Waals surface area contributed by atoms with Crippen molar-refractivity contribution in [3.05, 3.63) is 58.9 Å². The summed E-state index contributed by atoms with van der Waals surface area (Å²) in [7, 11) is 1.67. The van der Waals surface area contributed by atoms with Crippen LogP contribution in [-0.2, 0) is 12.8 Å². The number of carbonyl (C=O) groups is 1. The molecule has 0 saturated heterocycles. The molecule has 0 unspecified atom stereocenters. The summed E-state index contributed by atoms with van der Waals surface area (Å²) in [4.78, 5) is 22.6. The van der Waals surface area contributed by atoms with Crippen LogP contribution in [0.2, 0.25) is 0 Å². The predicted octanol–water partition coefficient (Wildman–Crippen LogP) is 3.75. The molecule has 0 saturated carbocycles. The van der Waals surface area contributed by atoms with Crippen LogP contribution in [0.25, 0.3) is 11.0 Å². The molecule has 0 bridgehead atoms. The zero-order valence-corrected chi connectivity index (χ0v) is 16.6. The number of amides is 2. The first kappa shape index (κ1) is 18.3. The molecule has 1 aliphatic heterocycles. The van der Waals surface area contributed by atoms with Crippen LogP contribution in [0.4, 0.5) is 4.79 Å². The highest BCUT2D eigenvalue weighted by atomic mass is 16.5. The fourth-order valence-electron chi connectivity index (χ4n) is 3.93. The number of aryl methyl sites for hydroxylation is 1. The number of fused-ring (bicyclic) bond motifs is 2. The fraction of sp³-hybridized carbons (Fsp3) is 0.364. The number of H-pyrrole nitrogens is 1. The standard InChI is InChI=1S/C22H26N4O2/c1-14-5-4-6-19-21(14)25-20(24-19)9-11-23-22(27)26-12-10-16-7-8-17(28-3)13-18(16)15(26)2/h4-8,13,15H,9-12H2,1-3H3,(H,23,27)(H,24,25)/t15-/m1/s1. The Morgan fingerprint density at radius 3 is 3.00 bits per heavy atom. The maximum Gasteiger partial charge on any atom is 0.317 e. The van der Waals surface area contributed by atoms with Crippen molar-refractivity contribution in [3.63, 3.8) is 0 Å². The molecule has 3 aromatic rings. The summed E-state index contributed by atoms with van der Waals surface area (Å²) in [5.41, 5.74) is 5.64. The average molecular weight is 378 g/mol. The molecule has 4 rings (SSSR count). The van der Waals surface area contributed by atoms with Crippen molar-refractivity contribution >= 4 is 17.1 Å². The summed E-state index contributed by atoms with van der Waals surface area (Å²) in [6.07, 6.45) is 1.53. The summed E-state index contributed by atoms with van der Waals surface area (Å²) in [5.74, 6) is 1.72. The normalized spacial score (nSPS) is 16.1. The van der Waals surface area contributed by atoms with Crippen LogP contribution in [0.3, 0.4) is 0 Å². The van der Waals surface area contributed by atoms with Gasteiger partial charge in [-0.15, -0.1) is 0 Å². The first-order valence-corrected chi connectivity index (χ1v) is 9.72. The number of urea groups is 1. The van der Waals surface area contributed by atoms with Crippen molar-refractivity contribution in [3.8, 4) is 5.75 Å². The van der Waals surface area contributed by atoms with Gasteiger partial charge in [-0.25, -0.2) is 9.78 Å². The van der Waals surface area contributed by atoms with Gasteiger partial charge < -0.3 is 19.9 Å². The minimum Gasteiger partial charge on any atom is -0.497 e. The Hall–Kier alpha value is -3.02. The third kappa shape index (κ3) is 3.42. The molecule has 2 N–H and O–H groups in total. The Balaban J connectivity index is 1.38. The first-order valence-electron chi connectivity index (χ1n) is 9.72. The van der Waals surface area contributed by atoms with E-state index in [1.807, 2.05) is 29.2 Å². The second-order valence-electron chi connectivity index (χ2n) is 7.32. The minimum absolute atomic E-state index is 0.0210. The number of aromatic amines is 1. The lowest BCUT2D eigenvalue weighted by Gasteiger charge is -2.35. The van der Waals surface area contributed by atoms with E-state index in [0.717, 1.165) is 46.7 Å². The van der Waals surface area contributed by atoms with Crippen molar-refractivity contribution in [2.24, 2.45) is 0 Å². The van der Waals surface area contributed by atoms with Gasteiger partial charge in [0.2, 0.25) is 0 Å². The molecule has 1 atom stereocenters. The topological polar surface area (TPSA) is 70.2 Å². The van der Waals surface area contributed by atoms with E-state index < -0.39 is 0 Å². The molecule has 1 aromatic heterocycles. The molecule has 28 heavy (non-hydrogen) atoms. The van der Waals surface area contributed by atoms with Gasteiger partial charge in [0.15, 0.2) is 0 Å². The summed E-state index contributed by atoms with van der Waals surface area (Å²) in [5, 5.41) is 3.05. The highest BCUT2D eigenvalue weighted by Crippen LogP contribution is 2.32. The van der Waals surface area contributed by atoms with Gasteiger partial charge in [0, 0.05) is 19.5 Å². The molecule has 2 heterocycles. The van der Waals surface area contributed by atoms with Crippen LogP contribution in [0.1, 0.15) is 35.5 Å². The molecule has 0 fully saturated rings. The van der Waals surface area contributed by atoms with Gasteiger partial charge in [0.25, 0.3) is 0 Å². The van der Waals surface area contributed by atoms with Gasteiger partial charge in [-0.3, -0.25) is 0 Å². The van der Waals surface area contributed by atoms with Gasteiger partial charge in [-0.05, 0) is 55.2 Å². The molecule has 2 aromatic carbocycles. The monoisotopic (exact) mass is 378 g/mol. The highest BCUT2D eigenvalue weighted by molar-refractivity contribution is 5.78. The molecule has 2 amide bonds. The largest absolute Gasteiger partial charge is 0.497 e. The number of hydrogen-bond acceptors (Lipinski definition) is 3. The van der Waals surface area contributed by atoms with E-state index >= 15 is 0 Å². The van der Waals surface area contributed by atoms with E-state index in [1.54, 1.807) is 7.11 Å². The Labute approximate surface area is 164 Å². The fourth-order valence-corrected chi connectivity index (χ4v) is 3.93. The Morgan fingerprint density at radius 1 is 1.36 bits per heavy atom. The van der Waals surface area contributed by atoms with Crippen LogP contribution < -0.4 is 10.1 Å². The van der Waals surface area contributed by atoms with Crippen molar-refractivity contribution < 1.29 is 9.53 Å². The van der Waals surface area contributed by atoms with Crippen LogP contribution in [0.5, 0.6) is 5.75 Å². The van der Waals surface area contributed by atoms with E-state index in [9.17, 15) is 4.79 Å². The SMILES string of the molecule is COc1ccc2c(c1)[C@@H](C)N(C(=O)NCCc1nc3c(C)cccc3[nH]1)CC2. The number of carbonyl (C=O) groups excluding carboxylic acids is 1. The Kier molecular flexibility index (Phi) is 4.94. The van der Waals surface area contributed by atoms with Crippen molar-refractivity contribution in [1.82, 2.24) is 20.2 Å². The van der Waals surface area contributed by atoms with E-state index in [2.05, 4.69) is 41.3 Å². The number of nitrogens with zero attached hydrogens (tertiary/aromatic N) is 2. The maximum atomic E-state index is 12.7. The number of ether oxygens (including phenoxy) is 1. The highest BCUT2D eigenvalue weighted by Gasteiger charge is 2.27. The van der Waals surface area contributed by atoms with Gasteiger partial charge in [0.1, 0.15) is 11.6 Å². The van der Waals surface area contributed by atoms with Gasteiger partial charge in [0.05, 0.1) is 24.2 Å². The number of methoxy groups -OCH3 is 1. The van der Waals surface area contributed by atoms with E-state index in [-0.39, 0.29) is 12.1 Å². The van der Waals surface area contributed by atoms with Crippen LogP contribution >= 0.6 is 0 Å². The van der Waals surface area contributed by atoms with Crippen molar-refractivity contribution in [1.29, 1.82) is 0 Å². The van der Waals surface area contributed by atoms with E-state index in [1.165, 1.54) is 5.56 Å². The third-order valence-electron chi connectivity index (χ3n) is 5.56. The zero-order chi connectivity index (χ0) is 19.7. The molecule has 146 valence electrons. The number of aromatic nitrogens is 2. The summed E-state index contributed by atoms with van der Waals surface area (Å²) in [6.45, 7) is 5.39. The third-order valence-corrected chi connectivity index (χ3v) is 5.56. The lowest BCUT2D eigenvalue weighted by Crippen LogP contribution is -2.45. The zero-order valence-electron chi connectivity index (χ0n) is 16.6.